The van der Waals surface area contributed by atoms with Crippen molar-refractivity contribution in [1.29, 1.82) is 0 Å². The first-order chi connectivity index (χ1) is 7.27. The summed E-state index contributed by atoms with van der Waals surface area (Å²) < 4.78 is 5.30. The molecule has 0 saturated heterocycles. The minimum absolute atomic E-state index is 0.0491. The number of aryl methyl sites for hydroxylation is 1. The molecule has 3 heteroatoms. The first kappa shape index (κ1) is 10.2. The molecule has 1 aromatic rings. The van der Waals surface area contributed by atoms with Gasteiger partial charge >= 0.3 is 0 Å². The molecular weight excluding hydrogens is 188 g/mol. The molecule has 2 N–H and O–H groups in total. The fourth-order valence-electron chi connectivity index (χ4n) is 1.79. The van der Waals surface area contributed by atoms with Crippen molar-refractivity contribution < 1.29 is 4.74 Å². The lowest BCUT2D eigenvalue weighted by atomic mass is 9.96. The van der Waals surface area contributed by atoms with Crippen LogP contribution in [0.5, 0.6) is 0 Å². The Morgan fingerprint density at radius 1 is 1.53 bits per heavy atom. The number of rotatable bonds is 2. The Morgan fingerprint density at radius 2 is 2.40 bits per heavy atom. The molecule has 0 aliphatic carbocycles. The zero-order valence-corrected chi connectivity index (χ0v) is 8.94. The monoisotopic (exact) mass is 204 g/mol. The first-order valence-electron chi connectivity index (χ1n) is 5.26. The van der Waals surface area contributed by atoms with Gasteiger partial charge in [0.25, 0.3) is 0 Å². The predicted octanol–water partition coefficient (Wildman–Crippen LogP) is 2.08. The van der Waals surface area contributed by atoms with Crippen molar-refractivity contribution in [2.75, 3.05) is 6.61 Å². The summed E-state index contributed by atoms with van der Waals surface area (Å²) in [6, 6.07) is 3.94. The SMILES string of the molecule is Cc1cc(C(N)C2=COCCC2)ccn1. The Hall–Kier alpha value is -1.35. The molecule has 0 spiro atoms. The van der Waals surface area contributed by atoms with Crippen LogP contribution >= 0.6 is 0 Å². The van der Waals surface area contributed by atoms with Gasteiger partial charge in [0.1, 0.15) is 0 Å². The van der Waals surface area contributed by atoms with Crippen molar-refractivity contribution in [2.24, 2.45) is 5.73 Å². The van der Waals surface area contributed by atoms with Gasteiger partial charge in [-0.3, -0.25) is 4.98 Å². The Labute approximate surface area is 90.0 Å². The van der Waals surface area contributed by atoms with Crippen LogP contribution in [0.3, 0.4) is 0 Å². The Bertz CT molecular complexity index is 374. The molecule has 1 aromatic heterocycles. The smallest absolute Gasteiger partial charge is 0.0876 e. The quantitative estimate of drug-likeness (QED) is 0.802. The van der Waals surface area contributed by atoms with Gasteiger partial charge in [-0.25, -0.2) is 0 Å². The van der Waals surface area contributed by atoms with Crippen molar-refractivity contribution in [1.82, 2.24) is 4.98 Å². The van der Waals surface area contributed by atoms with Crippen LogP contribution in [-0.2, 0) is 4.74 Å². The maximum absolute atomic E-state index is 6.16. The van der Waals surface area contributed by atoms with Gasteiger partial charge in [-0.05, 0) is 43.0 Å². The molecule has 0 amide bonds. The van der Waals surface area contributed by atoms with Crippen LogP contribution in [0.4, 0.5) is 0 Å². The molecular formula is C12H16N2O. The van der Waals surface area contributed by atoms with Crippen LogP contribution in [0.25, 0.3) is 0 Å². The second-order valence-electron chi connectivity index (χ2n) is 3.88. The van der Waals surface area contributed by atoms with E-state index in [1.807, 2.05) is 25.3 Å². The van der Waals surface area contributed by atoms with Gasteiger partial charge < -0.3 is 10.5 Å². The predicted molar refractivity (Wildman–Crippen MR) is 59.2 cm³/mol. The van der Waals surface area contributed by atoms with Gasteiger partial charge in [-0.1, -0.05) is 0 Å². The standard InChI is InChI=1S/C12H16N2O/c1-9-7-10(4-5-14-9)12(13)11-3-2-6-15-8-11/h4-5,7-8,12H,2-3,6,13H2,1H3. The van der Waals surface area contributed by atoms with Crippen molar-refractivity contribution in [3.05, 3.63) is 41.4 Å². The highest BCUT2D eigenvalue weighted by Crippen LogP contribution is 2.25. The third-order valence-corrected chi connectivity index (χ3v) is 2.64. The molecule has 15 heavy (non-hydrogen) atoms. The molecule has 0 fully saturated rings. The lowest BCUT2D eigenvalue weighted by Crippen LogP contribution is -2.16. The number of hydrogen-bond donors (Lipinski definition) is 1. The zero-order valence-electron chi connectivity index (χ0n) is 8.94. The molecule has 1 aliphatic heterocycles. The van der Waals surface area contributed by atoms with Crippen LogP contribution in [0, 0.1) is 6.92 Å². The third-order valence-electron chi connectivity index (χ3n) is 2.64. The van der Waals surface area contributed by atoms with E-state index in [0.717, 1.165) is 30.7 Å². The first-order valence-corrected chi connectivity index (χ1v) is 5.26. The number of aromatic nitrogens is 1. The van der Waals surface area contributed by atoms with E-state index in [1.165, 1.54) is 5.57 Å². The third kappa shape index (κ3) is 2.36. The average molecular weight is 204 g/mol. The molecule has 0 bridgehead atoms. The van der Waals surface area contributed by atoms with Gasteiger partial charge in [0.2, 0.25) is 0 Å². The minimum atomic E-state index is -0.0491. The maximum Gasteiger partial charge on any atom is 0.0876 e. The van der Waals surface area contributed by atoms with E-state index in [-0.39, 0.29) is 6.04 Å². The highest BCUT2D eigenvalue weighted by molar-refractivity contribution is 5.27. The number of hydrogen-bond acceptors (Lipinski definition) is 3. The maximum atomic E-state index is 6.16. The van der Waals surface area contributed by atoms with Gasteiger partial charge in [0.05, 0.1) is 18.9 Å². The summed E-state index contributed by atoms with van der Waals surface area (Å²) in [5.41, 5.74) is 9.45. The Balaban J connectivity index is 2.19. The molecule has 2 rings (SSSR count). The molecule has 0 saturated carbocycles. The Kier molecular flexibility index (Phi) is 3.02. The molecule has 1 atom stereocenters. The van der Waals surface area contributed by atoms with Crippen LogP contribution in [0.2, 0.25) is 0 Å². The molecule has 0 radical (unpaired) electrons. The molecule has 1 aliphatic rings. The van der Waals surface area contributed by atoms with Crippen LogP contribution in [-0.4, -0.2) is 11.6 Å². The van der Waals surface area contributed by atoms with E-state index in [0.29, 0.717) is 0 Å². The largest absolute Gasteiger partial charge is 0.501 e. The van der Waals surface area contributed by atoms with E-state index < -0.39 is 0 Å². The van der Waals surface area contributed by atoms with E-state index in [4.69, 9.17) is 10.5 Å². The average Bonchev–Trinajstić information content (AvgIpc) is 2.29. The highest BCUT2D eigenvalue weighted by Gasteiger charge is 2.14. The van der Waals surface area contributed by atoms with Gasteiger partial charge in [-0.15, -0.1) is 0 Å². The molecule has 3 nitrogen and oxygen atoms in total. The summed E-state index contributed by atoms with van der Waals surface area (Å²) in [6.45, 7) is 2.79. The van der Waals surface area contributed by atoms with Crippen molar-refractivity contribution in [2.45, 2.75) is 25.8 Å². The number of ether oxygens (including phenoxy) is 1. The van der Waals surface area contributed by atoms with E-state index in [2.05, 4.69) is 4.98 Å². The van der Waals surface area contributed by atoms with Gasteiger partial charge in [-0.2, -0.15) is 0 Å². The summed E-state index contributed by atoms with van der Waals surface area (Å²) in [7, 11) is 0. The van der Waals surface area contributed by atoms with Gasteiger partial charge in [0, 0.05) is 11.9 Å². The van der Waals surface area contributed by atoms with E-state index in [9.17, 15) is 0 Å². The summed E-state index contributed by atoms with van der Waals surface area (Å²) in [5.74, 6) is 0. The van der Waals surface area contributed by atoms with E-state index >= 15 is 0 Å². The van der Waals surface area contributed by atoms with Crippen LogP contribution in [0.1, 0.15) is 30.1 Å². The van der Waals surface area contributed by atoms with Crippen LogP contribution < -0.4 is 5.73 Å². The number of nitrogens with two attached hydrogens (primary N) is 1. The lowest BCUT2D eigenvalue weighted by Gasteiger charge is -2.20. The van der Waals surface area contributed by atoms with Crippen LogP contribution in [0.15, 0.2) is 30.2 Å². The fourth-order valence-corrected chi connectivity index (χ4v) is 1.79. The molecule has 0 aromatic carbocycles. The van der Waals surface area contributed by atoms with Crippen molar-refractivity contribution in [3.63, 3.8) is 0 Å². The highest BCUT2D eigenvalue weighted by atomic mass is 16.5. The summed E-state index contributed by atoms with van der Waals surface area (Å²) >= 11 is 0. The lowest BCUT2D eigenvalue weighted by molar-refractivity contribution is 0.221. The molecule has 1 unspecified atom stereocenters. The zero-order chi connectivity index (χ0) is 10.7. The number of pyridine rings is 1. The van der Waals surface area contributed by atoms with Gasteiger partial charge in [0.15, 0.2) is 0 Å². The van der Waals surface area contributed by atoms with Crippen molar-refractivity contribution in [3.8, 4) is 0 Å². The second-order valence-corrected chi connectivity index (χ2v) is 3.88. The summed E-state index contributed by atoms with van der Waals surface area (Å²) in [5, 5.41) is 0. The summed E-state index contributed by atoms with van der Waals surface area (Å²) in [4.78, 5) is 4.16. The molecule has 2 heterocycles. The summed E-state index contributed by atoms with van der Waals surface area (Å²) in [6.07, 6.45) is 5.70. The van der Waals surface area contributed by atoms with Crippen molar-refractivity contribution >= 4 is 0 Å². The second kappa shape index (κ2) is 4.45. The number of nitrogens with zero attached hydrogens (tertiary/aromatic N) is 1. The normalized spacial score (nSPS) is 17.9. The fraction of sp³-hybridized carbons (Fsp3) is 0.417. The topological polar surface area (TPSA) is 48.1 Å². The molecule has 80 valence electrons. The van der Waals surface area contributed by atoms with E-state index in [1.54, 1.807) is 6.20 Å². The Morgan fingerprint density at radius 3 is 3.07 bits per heavy atom. The minimum Gasteiger partial charge on any atom is -0.501 e.